The quantitative estimate of drug-likeness (QED) is 0.843. The lowest BCUT2D eigenvalue weighted by Gasteiger charge is -2.32. The van der Waals surface area contributed by atoms with Crippen molar-refractivity contribution < 1.29 is 19.2 Å². The fourth-order valence-corrected chi connectivity index (χ4v) is 2.94. The van der Waals surface area contributed by atoms with Gasteiger partial charge in [0.1, 0.15) is 0 Å². The predicted octanol–water partition coefficient (Wildman–Crippen LogP) is 4.00. The molecule has 0 aliphatic carbocycles. The van der Waals surface area contributed by atoms with Gasteiger partial charge in [0.05, 0.1) is 16.8 Å². The van der Waals surface area contributed by atoms with Crippen molar-refractivity contribution in [2.24, 2.45) is 0 Å². The van der Waals surface area contributed by atoms with E-state index in [0.717, 1.165) is 11.0 Å². The van der Waals surface area contributed by atoms with E-state index in [9.17, 15) is 9.90 Å². The summed E-state index contributed by atoms with van der Waals surface area (Å²) < 4.78 is 12.2. The van der Waals surface area contributed by atoms with Crippen molar-refractivity contribution in [3.05, 3.63) is 53.1 Å². The van der Waals surface area contributed by atoms with E-state index in [1.54, 1.807) is 12.1 Å². The van der Waals surface area contributed by atoms with Crippen molar-refractivity contribution in [3.63, 3.8) is 0 Å². The Hall–Kier alpha value is -1.82. The molecule has 1 saturated heterocycles. The van der Waals surface area contributed by atoms with Gasteiger partial charge in [0.25, 0.3) is 0 Å². The van der Waals surface area contributed by atoms with Crippen molar-refractivity contribution in [3.8, 4) is 11.1 Å². The molecule has 0 saturated carbocycles. The third-order valence-electron chi connectivity index (χ3n) is 4.94. The van der Waals surface area contributed by atoms with Crippen LogP contribution in [-0.2, 0) is 9.31 Å². The lowest BCUT2D eigenvalue weighted by Crippen LogP contribution is -2.41. The molecule has 1 aliphatic rings. The molecule has 0 radical (unpaired) electrons. The number of benzene rings is 2. The molecular formula is C19H20BClO4. The lowest BCUT2D eigenvalue weighted by molar-refractivity contribution is 0.00578. The average molecular weight is 359 g/mol. The van der Waals surface area contributed by atoms with Crippen molar-refractivity contribution >= 4 is 30.2 Å². The zero-order valence-corrected chi connectivity index (χ0v) is 15.4. The Morgan fingerprint density at radius 1 is 1.04 bits per heavy atom. The number of hydrogen-bond acceptors (Lipinski definition) is 3. The number of hydrogen-bond donors (Lipinski definition) is 1. The molecule has 1 heterocycles. The molecule has 2 aromatic carbocycles. The summed E-state index contributed by atoms with van der Waals surface area (Å²) in [6, 6.07) is 12.3. The zero-order valence-electron chi connectivity index (χ0n) is 14.7. The predicted molar refractivity (Wildman–Crippen MR) is 99.6 cm³/mol. The Morgan fingerprint density at radius 3 is 2.28 bits per heavy atom. The minimum atomic E-state index is -0.986. The highest BCUT2D eigenvalue weighted by atomic mass is 35.5. The first-order valence-corrected chi connectivity index (χ1v) is 8.47. The van der Waals surface area contributed by atoms with E-state index in [2.05, 4.69) is 0 Å². The first-order chi connectivity index (χ1) is 11.6. The van der Waals surface area contributed by atoms with E-state index in [4.69, 9.17) is 20.9 Å². The van der Waals surface area contributed by atoms with Gasteiger partial charge in [-0.2, -0.15) is 0 Å². The van der Waals surface area contributed by atoms with Crippen molar-refractivity contribution in [1.82, 2.24) is 0 Å². The van der Waals surface area contributed by atoms with Crippen LogP contribution in [-0.4, -0.2) is 29.4 Å². The van der Waals surface area contributed by atoms with Gasteiger partial charge in [0, 0.05) is 10.6 Å². The van der Waals surface area contributed by atoms with Crippen LogP contribution in [0.15, 0.2) is 42.5 Å². The molecule has 0 atom stereocenters. The second kappa shape index (κ2) is 6.17. The number of aromatic carboxylic acids is 1. The number of halogens is 1. The van der Waals surface area contributed by atoms with Crippen LogP contribution in [0.4, 0.5) is 0 Å². The first-order valence-electron chi connectivity index (χ1n) is 8.09. The third kappa shape index (κ3) is 3.32. The van der Waals surface area contributed by atoms with E-state index < -0.39 is 24.3 Å². The standard InChI is InChI=1S/C19H20BClO4/c1-18(2)19(3,4)25-20(24-18)14-7-5-6-12(10-14)15-11-13(17(22)23)8-9-16(15)21/h5-11H,1-4H3,(H,22,23). The Kier molecular flexibility index (Phi) is 4.44. The lowest BCUT2D eigenvalue weighted by atomic mass is 9.78. The number of carbonyl (C=O) groups is 1. The van der Waals surface area contributed by atoms with Crippen LogP contribution in [0.25, 0.3) is 11.1 Å². The van der Waals surface area contributed by atoms with Gasteiger partial charge in [-0.25, -0.2) is 4.79 Å². The summed E-state index contributed by atoms with van der Waals surface area (Å²) in [4.78, 5) is 11.2. The van der Waals surface area contributed by atoms with E-state index in [0.29, 0.717) is 10.6 Å². The van der Waals surface area contributed by atoms with Crippen LogP contribution < -0.4 is 5.46 Å². The minimum absolute atomic E-state index is 0.195. The SMILES string of the molecule is CC1(C)OB(c2cccc(-c3cc(C(=O)O)ccc3Cl)c2)OC1(C)C. The van der Waals surface area contributed by atoms with Gasteiger partial charge >= 0.3 is 13.1 Å². The van der Waals surface area contributed by atoms with E-state index in [1.165, 1.54) is 6.07 Å². The summed E-state index contributed by atoms with van der Waals surface area (Å²) in [6.45, 7) is 8.02. The largest absolute Gasteiger partial charge is 0.494 e. The van der Waals surface area contributed by atoms with Crippen LogP contribution in [0.1, 0.15) is 38.1 Å². The maximum absolute atomic E-state index is 11.2. The molecule has 4 nitrogen and oxygen atoms in total. The van der Waals surface area contributed by atoms with E-state index >= 15 is 0 Å². The molecule has 3 rings (SSSR count). The molecule has 0 aromatic heterocycles. The maximum atomic E-state index is 11.2. The number of carboxylic acid groups (broad SMARTS) is 1. The van der Waals surface area contributed by atoms with Gasteiger partial charge in [0.2, 0.25) is 0 Å². The van der Waals surface area contributed by atoms with Crippen molar-refractivity contribution in [2.75, 3.05) is 0 Å². The van der Waals surface area contributed by atoms with Crippen molar-refractivity contribution in [1.29, 1.82) is 0 Å². The number of carboxylic acids is 1. The molecule has 130 valence electrons. The fourth-order valence-electron chi connectivity index (χ4n) is 2.71. The normalized spacial score (nSPS) is 18.4. The summed E-state index contributed by atoms with van der Waals surface area (Å²) in [5.41, 5.74) is 1.71. The van der Waals surface area contributed by atoms with Crippen molar-refractivity contribution in [2.45, 2.75) is 38.9 Å². The van der Waals surface area contributed by atoms with Gasteiger partial charge in [0.15, 0.2) is 0 Å². The van der Waals surface area contributed by atoms with Crippen LogP contribution in [0, 0.1) is 0 Å². The van der Waals surface area contributed by atoms with Gasteiger partial charge in [-0.3, -0.25) is 0 Å². The molecule has 0 spiro atoms. The Balaban J connectivity index is 1.99. The minimum Gasteiger partial charge on any atom is -0.478 e. The third-order valence-corrected chi connectivity index (χ3v) is 5.27. The first kappa shape index (κ1) is 18.0. The molecule has 25 heavy (non-hydrogen) atoms. The summed E-state index contributed by atoms with van der Waals surface area (Å²) in [7, 11) is -0.480. The van der Waals surface area contributed by atoms with Gasteiger partial charge in [-0.1, -0.05) is 35.9 Å². The monoisotopic (exact) mass is 358 g/mol. The smallest absolute Gasteiger partial charge is 0.478 e. The molecule has 1 aliphatic heterocycles. The molecule has 1 N–H and O–H groups in total. The fraction of sp³-hybridized carbons (Fsp3) is 0.316. The Morgan fingerprint density at radius 2 is 1.68 bits per heavy atom. The maximum Gasteiger partial charge on any atom is 0.494 e. The summed E-state index contributed by atoms with van der Waals surface area (Å²) >= 11 is 6.28. The van der Waals surface area contributed by atoms with Gasteiger partial charge in [-0.15, -0.1) is 0 Å². The highest BCUT2D eigenvalue weighted by molar-refractivity contribution is 6.62. The molecule has 0 bridgehead atoms. The number of rotatable bonds is 3. The second-order valence-corrected chi connectivity index (χ2v) is 7.62. The van der Waals surface area contributed by atoms with Gasteiger partial charge in [-0.05, 0) is 56.9 Å². The molecule has 1 fully saturated rings. The van der Waals surface area contributed by atoms with Crippen LogP contribution >= 0.6 is 11.6 Å². The zero-order chi connectivity index (χ0) is 18.4. The van der Waals surface area contributed by atoms with E-state index in [-0.39, 0.29) is 5.56 Å². The topological polar surface area (TPSA) is 55.8 Å². The molecule has 2 aromatic rings. The summed E-state index contributed by atoms with van der Waals surface area (Å²) in [5, 5.41) is 9.70. The summed E-state index contributed by atoms with van der Waals surface area (Å²) in [5.74, 6) is -0.986. The molecule has 0 amide bonds. The molecule has 0 unspecified atom stereocenters. The van der Waals surface area contributed by atoms with Crippen LogP contribution in [0.5, 0.6) is 0 Å². The van der Waals surface area contributed by atoms with Crippen LogP contribution in [0.3, 0.4) is 0 Å². The molecular weight excluding hydrogens is 338 g/mol. The Labute approximate surface area is 152 Å². The average Bonchev–Trinajstić information content (AvgIpc) is 2.76. The van der Waals surface area contributed by atoms with Gasteiger partial charge < -0.3 is 14.4 Å². The second-order valence-electron chi connectivity index (χ2n) is 7.21. The highest BCUT2D eigenvalue weighted by Gasteiger charge is 2.51. The van der Waals surface area contributed by atoms with E-state index in [1.807, 2.05) is 52.0 Å². The summed E-state index contributed by atoms with van der Waals surface area (Å²) in [6.07, 6.45) is 0. The highest BCUT2D eigenvalue weighted by Crippen LogP contribution is 2.37. The van der Waals surface area contributed by atoms with Crippen LogP contribution in [0.2, 0.25) is 5.02 Å². The Bertz CT molecular complexity index is 816. The molecule has 6 heteroatoms.